The van der Waals surface area contributed by atoms with Crippen LogP contribution >= 0.6 is 0 Å². The van der Waals surface area contributed by atoms with E-state index in [1.54, 1.807) is 20.8 Å². The molecule has 0 saturated heterocycles. The van der Waals surface area contributed by atoms with Crippen LogP contribution in [0.3, 0.4) is 0 Å². The van der Waals surface area contributed by atoms with E-state index < -0.39 is 5.41 Å². The van der Waals surface area contributed by atoms with Crippen molar-refractivity contribution >= 4 is 5.97 Å². The minimum absolute atomic E-state index is 0.290. The normalized spacial score (nSPS) is 9.60. The Morgan fingerprint density at radius 3 is 2.30 bits per heavy atom. The molecule has 0 bridgehead atoms. The Morgan fingerprint density at radius 2 is 2.00 bits per heavy atom. The molecule has 0 aromatic rings. The summed E-state index contributed by atoms with van der Waals surface area (Å²) in [5.41, 5.74) is -0.663. The van der Waals surface area contributed by atoms with Gasteiger partial charge >= 0.3 is 5.97 Å². The van der Waals surface area contributed by atoms with Crippen molar-refractivity contribution in [3.05, 3.63) is 0 Å². The van der Waals surface area contributed by atoms with Crippen LogP contribution in [0.25, 0.3) is 0 Å². The Bertz CT molecular complexity index is 181. The summed E-state index contributed by atoms with van der Waals surface area (Å²) in [7, 11) is 1.36. The van der Waals surface area contributed by atoms with Crippen LogP contribution < -0.4 is 0 Å². The molecule has 0 fully saturated rings. The maximum absolute atomic E-state index is 10.9. The number of carbonyl (C=O) groups is 1. The van der Waals surface area contributed by atoms with Crippen molar-refractivity contribution in [3.8, 4) is 11.8 Å². The average Bonchev–Trinajstić information content (AvgIpc) is 1.86. The van der Waals surface area contributed by atoms with Gasteiger partial charge in [0.15, 0.2) is 0 Å². The summed E-state index contributed by atoms with van der Waals surface area (Å²) >= 11 is 0. The van der Waals surface area contributed by atoms with Gasteiger partial charge in [0.1, 0.15) is 5.41 Å². The molecule has 0 N–H and O–H groups in total. The summed E-state index contributed by atoms with van der Waals surface area (Å²) in [6.07, 6.45) is 0. The lowest BCUT2D eigenvalue weighted by atomic mass is 9.95. The van der Waals surface area contributed by atoms with E-state index in [1.165, 1.54) is 7.11 Å². The van der Waals surface area contributed by atoms with Crippen LogP contribution in [0.2, 0.25) is 0 Å². The van der Waals surface area contributed by atoms with Gasteiger partial charge in [-0.15, -0.1) is 5.92 Å². The lowest BCUT2D eigenvalue weighted by molar-refractivity contribution is -0.147. The van der Waals surface area contributed by atoms with Crippen LogP contribution in [0.15, 0.2) is 0 Å². The number of hydrogen-bond acceptors (Lipinski definition) is 2. The monoisotopic (exact) mass is 140 g/mol. The van der Waals surface area contributed by atoms with Crippen LogP contribution in [0, 0.1) is 17.3 Å². The highest BCUT2D eigenvalue weighted by atomic mass is 16.5. The van der Waals surface area contributed by atoms with Gasteiger partial charge in [0.05, 0.1) is 7.11 Å². The van der Waals surface area contributed by atoms with E-state index >= 15 is 0 Å². The third-order valence-corrected chi connectivity index (χ3v) is 1.13. The molecule has 0 spiro atoms. The minimum Gasteiger partial charge on any atom is -0.468 e. The Hall–Kier alpha value is -0.970. The molecule has 0 aliphatic carbocycles. The van der Waals surface area contributed by atoms with E-state index in [-0.39, 0.29) is 5.97 Å². The van der Waals surface area contributed by atoms with Gasteiger partial charge in [0.2, 0.25) is 0 Å². The third kappa shape index (κ3) is 2.10. The van der Waals surface area contributed by atoms with Gasteiger partial charge in [-0.25, -0.2) is 0 Å². The van der Waals surface area contributed by atoms with E-state index in [4.69, 9.17) is 0 Å². The molecule has 56 valence electrons. The molecule has 0 radical (unpaired) electrons. The molecule has 0 atom stereocenters. The van der Waals surface area contributed by atoms with E-state index in [1.807, 2.05) is 0 Å². The standard InChI is InChI=1S/C8H12O2/c1-5-6-8(2,3)7(9)10-4/h1-4H3. The van der Waals surface area contributed by atoms with E-state index in [0.29, 0.717) is 0 Å². The summed E-state index contributed by atoms with van der Waals surface area (Å²) in [6, 6.07) is 0. The van der Waals surface area contributed by atoms with Crippen molar-refractivity contribution in [2.24, 2.45) is 5.41 Å². The van der Waals surface area contributed by atoms with Crippen molar-refractivity contribution in [3.63, 3.8) is 0 Å². The molecule has 0 saturated carbocycles. The van der Waals surface area contributed by atoms with Gasteiger partial charge in [-0.3, -0.25) is 4.79 Å². The zero-order valence-electron chi connectivity index (χ0n) is 6.82. The summed E-state index contributed by atoms with van der Waals surface area (Å²) in [4.78, 5) is 10.9. The van der Waals surface area contributed by atoms with Gasteiger partial charge in [-0.2, -0.15) is 0 Å². The maximum Gasteiger partial charge on any atom is 0.323 e. The van der Waals surface area contributed by atoms with Crippen LogP contribution in [0.5, 0.6) is 0 Å². The topological polar surface area (TPSA) is 26.3 Å². The molecule has 0 rings (SSSR count). The van der Waals surface area contributed by atoms with Crippen molar-refractivity contribution in [2.45, 2.75) is 20.8 Å². The molecular weight excluding hydrogens is 128 g/mol. The molecule has 0 aromatic heterocycles. The highest BCUT2D eigenvalue weighted by Crippen LogP contribution is 2.14. The predicted molar refractivity (Wildman–Crippen MR) is 39.2 cm³/mol. The van der Waals surface area contributed by atoms with E-state index in [9.17, 15) is 4.79 Å². The fourth-order valence-electron chi connectivity index (χ4n) is 0.619. The van der Waals surface area contributed by atoms with Gasteiger partial charge in [0.25, 0.3) is 0 Å². The van der Waals surface area contributed by atoms with Gasteiger partial charge < -0.3 is 4.74 Å². The zero-order chi connectivity index (χ0) is 8.20. The zero-order valence-corrected chi connectivity index (χ0v) is 6.82. The van der Waals surface area contributed by atoms with Gasteiger partial charge in [0, 0.05) is 0 Å². The lowest BCUT2D eigenvalue weighted by Gasteiger charge is -2.12. The van der Waals surface area contributed by atoms with Crippen LogP contribution in [-0.2, 0) is 9.53 Å². The SMILES string of the molecule is CC#CC(C)(C)C(=O)OC. The van der Waals surface area contributed by atoms with Gasteiger partial charge in [-0.05, 0) is 20.8 Å². The van der Waals surface area contributed by atoms with Crippen molar-refractivity contribution in [1.29, 1.82) is 0 Å². The maximum atomic E-state index is 10.9. The Balaban J connectivity index is 4.34. The lowest BCUT2D eigenvalue weighted by Crippen LogP contribution is -2.23. The first-order chi connectivity index (χ1) is 4.54. The summed E-state index contributed by atoms with van der Waals surface area (Å²) in [5, 5.41) is 0. The fourth-order valence-corrected chi connectivity index (χ4v) is 0.619. The Morgan fingerprint density at radius 1 is 1.50 bits per heavy atom. The highest BCUT2D eigenvalue weighted by molar-refractivity contribution is 5.79. The average molecular weight is 140 g/mol. The summed E-state index contributed by atoms with van der Waals surface area (Å²) < 4.78 is 4.53. The number of hydrogen-bond donors (Lipinski definition) is 0. The second kappa shape index (κ2) is 3.26. The molecule has 0 aliphatic rings. The number of ether oxygens (including phenoxy) is 1. The molecule has 0 aliphatic heterocycles. The largest absolute Gasteiger partial charge is 0.468 e. The van der Waals surface area contributed by atoms with Gasteiger partial charge in [-0.1, -0.05) is 5.92 Å². The van der Waals surface area contributed by atoms with Crippen molar-refractivity contribution in [1.82, 2.24) is 0 Å². The minimum atomic E-state index is -0.663. The quantitative estimate of drug-likeness (QED) is 0.404. The second-order valence-corrected chi connectivity index (χ2v) is 2.49. The first-order valence-corrected chi connectivity index (χ1v) is 3.07. The molecule has 0 amide bonds. The second-order valence-electron chi connectivity index (χ2n) is 2.49. The first-order valence-electron chi connectivity index (χ1n) is 3.07. The van der Waals surface area contributed by atoms with Crippen LogP contribution in [0.1, 0.15) is 20.8 Å². The third-order valence-electron chi connectivity index (χ3n) is 1.13. The first kappa shape index (κ1) is 9.03. The summed E-state index contributed by atoms with van der Waals surface area (Å²) in [5.74, 6) is 5.13. The predicted octanol–water partition coefficient (Wildman–Crippen LogP) is 1.21. The van der Waals surface area contributed by atoms with E-state index in [0.717, 1.165) is 0 Å². The Labute approximate surface area is 61.6 Å². The number of carbonyl (C=O) groups excluding carboxylic acids is 1. The molecule has 0 unspecified atom stereocenters. The number of rotatable bonds is 1. The molecule has 0 aromatic carbocycles. The van der Waals surface area contributed by atoms with E-state index in [2.05, 4.69) is 16.6 Å². The highest BCUT2D eigenvalue weighted by Gasteiger charge is 2.25. The molecule has 10 heavy (non-hydrogen) atoms. The molecule has 2 nitrogen and oxygen atoms in total. The summed E-state index contributed by atoms with van der Waals surface area (Å²) in [6.45, 7) is 5.16. The van der Waals surface area contributed by atoms with Crippen LogP contribution in [0.4, 0.5) is 0 Å². The molecular formula is C8H12O2. The number of methoxy groups -OCH3 is 1. The van der Waals surface area contributed by atoms with Crippen molar-refractivity contribution < 1.29 is 9.53 Å². The molecule has 0 heterocycles. The van der Waals surface area contributed by atoms with Crippen LogP contribution in [-0.4, -0.2) is 13.1 Å². The smallest absolute Gasteiger partial charge is 0.323 e. The fraction of sp³-hybridized carbons (Fsp3) is 0.625. The molecule has 2 heteroatoms. The number of esters is 1. The van der Waals surface area contributed by atoms with Crippen molar-refractivity contribution in [2.75, 3.05) is 7.11 Å². The Kier molecular flexibility index (Phi) is 2.95.